The topological polar surface area (TPSA) is 84.1 Å². The predicted octanol–water partition coefficient (Wildman–Crippen LogP) is 5.33. The van der Waals surface area contributed by atoms with Gasteiger partial charge in [0.25, 0.3) is 5.91 Å². The van der Waals surface area contributed by atoms with Gasteiger partial charge in [0, 0.05) is 34.9 Å². The number of anilines is 1. The Morgan fingerprint density at radius 1 is 1.06 bits per heavy atom. The fourth-order valence-electron chi connectivity index (χ4n) is 3.84. The Bertz CT molecular complexity index is 1460. The number of hydrogen-bond donors (Lipinski definition) is 1. The van der Waals surface area contributed by atoms with Crippen LogP contribution in [-0.2, 0) is 16.1 Å². The highest BCUT2D eigenvalue weighted by molar-refractivity contribution is 6.11. The van der Waals surface area contributed by atoms with Crippen LogP contribution in [0, 0.1) is 18.3 Å². The van der Waals surface area contributed by atoms with E-state index in [1.165, 1.54) is 7.11 Å². The van der Waals surface area contributed by atoms with Crippen molar-refractivity contribution in [2.45, 2.75) is 13.5 Å². The normalized spacial score (nSPS) is 11.1. The molecule has 0 saturated carbocycles. The molecule has 168 valence electrons. The molecule has 4 rings (SSSR count). The zero-order valence-corrected chi connectivity index (χ0v) is 18.9. The number of para-hydroxylation sites is 2. The zero-order valence-electron chi connectivity index (χ0n) is 18.9. The minimum Gasteiger partial charge on any atom is -0.465 e. The van der Waals surface area contributed by atoms with Crippen LogP contribution in [-0.4, -0.2) is 23.6 Å². The fourth-order valence-corrected chi connectivity index (χ4v) is 3.84. The first kappa shape index (κ1) is 22.6. The van der Waals surface area contributed by atoms with E-state index in [4.69, 9.17) is 4.74 Å². The Labute approximate surface area is 197 Å². The summed E-state index contributed by atoms with van der Waals surface area (Å²) in [6.45, 7) is 2.41. The summed E-state index contributed by atoms with van der Waals surface area (Å²) in [6, 6.07) is 24.5. The van der Waals surface area contributed by atoms with Crippen LogP contribution in [0.25, 0.3) is 17.0 Å². The van der Waals surface area contributed by atoms with Gasteiger partial charge in [0.2, 0.25) is 0 Å². The van der Waals surface area contributed by atoms with Gasteiger partial charge in [0.1, 0.15) is 11.6 Å². The fraction of sp³-hybridized carbons (Fsp3) is 0.107. The molecule has 3 aromatic carbocycles. The van der Waals surface area contributed by atoms with E-state index in [0.29, 0.717) is 17.8 Å². The van der Waals surface area contributed by atoms with Crippen molar-refractivity contribution in [3.05, 3.63) is 107 Å². The van der Waals surface area contributed by atoms with Crippen LogP contribution in [0.1, 0.15) is 27.0 Å². The maximum atomic E-state index is 12.8. The Morgan fingerprint density at radius 2 is 1.82 bits per heavy atom. The summed E-state index contributed by atoms with van der Waals surface area (Å²) in [5.41, 5.74) is 4.72. The molecule has 34 heavy (non-hydrogen) atoms. The number of aromatic nitrogens is 1. The maximum Gasteiger partial charge on any atom is 0.337 e. The van der Waals surface area contributed by atoms with Crippen LogP contribution in [0.4, 0.5) is 5.69 Å². The number of benzene rings is 3. The third kappa shape index (κ3) is 4.74. The van der Waals surface area contributed by atoms with E-state index in [1.54, 1.807) is 24.3 Å². The van der Waals surface area contributed by atoms with Crippen molar-refractivity contribution in [2.24, 2.45) is 0 Å². The average molecular weight is 450 g/mol. The van der Waals surface area contributed by atoms with Crippen LogP contribution in [0.2, 0.25) is 0 Å². The molecule has 0 fully saturated rings. The van der Waals surface area contributed by atoms with Crippen molar-refractivity contribution < 1.29 is 14.3 Å². The van der Waals surface area contributed by atoms with Crippen LogP contribution in [0.5, 0.6) is 0 Å². The third-order valence-electron chi connectivity index (χ3n) is 5.58. The molecule has 0 radical (unpaired) electrons. The van der Waals surface area contributed by atoms with Gasteiger partial charge >= 0.3 is 5.97 Å². The van der Waals surface area contributed by atoms with E-state index in [0.717, 1.165) is 27.6 Å². The van der Waals surface area contributed by atoms with Gasteiger partial charge in [-0.05, 0) is 48.4 Å². The molecule has 4 aromatic rings. The maximum absolute atomic E-state index is 12.8. The summed E-state index contributed by atoms with van der Waals surface area (Å²) < 4.78 is 6.86. The van der Waals surface area contributed by atoms with Gasteiger partial charge in [-0.25, -0.2) is 4.79 Å². The molecular weight excluding hydrogens is 426 g/mol. The molecule has 0 spiro atoms. The van der Waals surface area contributed by atoms with E-state index in [2.05, 4.69) is 5.32 Å². The van der Waals surface area contributed by atoms with Crippen molar-refractivity contribution in [2.75, 3.05) is 12.4 Å². The van der Waals surface area contributed by atoms with Gasteiger partial charge in [-0.1, -0.05) is 48.5 Å². The van der Waals surface area contributed by atoms with Crippen molar-refractivity contribution in [3.63, 3.8) is 0 Å². The molecule has 0 aliphatic rings. The number of carbonyl (C=O) groups excluding carboxylic acids is 2. The van der Waals surface area contributed by atoms with Crippen LogP contribution < -0.4 is 5.32 Å². The number of aryl methyl sites for hydroxylation is 1. The number of hydrogen-bond acceptors (Lipinski definition) is 4. The van der Waals surface area contributed by atoms with E-state index in [1.807, 2.05) is 78.4 Å². The van der Waals surface area contributed by atoms with Gasteiger partial charge in [0.15, 0.2) is 0 Å². The second-order valence-corrected chi connectivity index (χ2v) is 7.86. The van der Waals surface area contributed by atoms with Crippen LogP contribution in [0.3, 0.4) is 0 Å². The monoisotopic (exact) mass is 449 g/mol. The SMILES string of the molecule is COC(=O)c1cccc(Cn2cc(/C=C(/C#N)C(=O)Nc3ccccc3C)c3ccccc32)c1. The zero-order chi connectivity index (χ0) is 24.1. The number of esters is 1. The molecule has 6 heteroatoms. The number of rotatable bonds is 6. The van der Waals surface area contributed by atoms with E-state index in [9.17, 15) is 14.9 Å². The first-order valence-electron chi connectivity index (χ1n) is 10.7. The summed E-state index contributed by atoms with van der Waals surface area (Å²) >= 11 is 0. The highest BCUT2D eigenvalue weighted by Gasteiger charge is 2.14. The molecule has 0 unspecified atom stereocenters. The Kier molecular flexibility index (Phi) is 6.56. The standard InChI is InChI=1S/C28H23N3O3/c1-19-8-3-5-12-25(19)30-27(32)22(16-29)15-23-18-31(26-13-6-4-11-24(23)26)17-20-9-7-10-21(14-20)28(33)34-2/h3-15,18H,17H2,1-2H3,(H,30,32)/b22-15-. The van der Waals surface area contributed by atoms with Crippen LogP contribution >= 0.6 is 0 Å². The lowest BCUT2D eigenvalue weighted by Crippen LogP contribution is -2.14. The summed E-state index contributed by atoms with van der Waals surface area (Å²) in [4.78, 5) is 24.7. The molecule has 0 aliphatic heterocycles. The first-order valence-corrected chi connectivity index (χ1v) is 10.7. The second-order valence-electron chi connectivity index (χ2n) is 7.86. The molecule has 6 nitrogen and oxygen atoms in total. The third-order valence-corrected chi connectivity index (χ3v) is 5.58. The predicted molar refractivity (Wildman–Crippen MR) is 132 cm³/mol. The number of carbonyl (C=O) groups is 2. The van der Waals surface area contributed by atoms with E-state index >= 15 is 0 Å². The molecule has 0 saturated heterocycles. The largest absolute Gasteiger partial charge is 0.465 e. The Morgan fingerprint density at radius 3 is 2.59 bits per heavy atom. The highest BCUT2D eigenvalue weighted by atomic mass is 16.5. The van der Waals surface area contributed by atoms with Gasteiger partial charge in [0.05, 0.1) is 12.7 Å². The lowest BCUT2D eigenvalue weighted by Gasteiger charge is -2.07. The molecule has 1 aromatic heterocycles. The Hall–Kier alpha value is -4.63. The lowest BCUT2D eigenvalue weighted by atomic mass is 10.1. The van der Waals surface area contributed by atoms with Gasteiger partial charge in [-0.2, -0.15) is 5.26 Å². The molecule has 0 bridgehead atoms. The van der Waals surface area contributed by atoms with Crippen molar-refractivity contribution in [1.82, 2.24) is 4.57 Å². The smallest absolute Gasteiger partial charge is 0.337 e. The first-order chi connectivity index (χ1) is 16.5. The minimum atomic E-state index is -0.459. The minimum absolute atomic E-state index is 0.0128. The number of nitriles is 1. The summed E-state index contributed by atoms with van der Waals surface area (Å²) in [7, 11) is 1.36. The van der Waals surface area contributed by atoms with Gasteiger partial charge < -0.3 is 14.6 Å². The number of methoxy groups -OCH3 is 1. The summed E-state index contributed by atoms with van der Waals surface area (Å²) in [6.07, 6.45) is 3.52. The summed E-state index contributed by atoms with van der Waals surface area (Å²) in [5.74, 6) is -0.847. The number of nitrogens with one attached hydrogen (secondary N) is 1. The van der Waals surface area contributed by atoms with Gasteiger partial charge in [-0.3, -0.25) is 4.79 Å². The second kappa shape index (κ2) is 9.88. The van der Waals surface area contributed by atoms with Crippen molar-refractivity contribution in [1.29, 1.82) is 5.26 Å². The Balaban J connectivity index is 1.68. The highest BCUT2D eigenvalue weighted by Crippen LogP contribution is 2.25. The molecule has 0 atom stereocenters. The lowest BCUT2D eigenvalue weighted by molar-refractivity contribution is -0.112. The van der Waals surface area contributed by atoms with Crippen molar-refractivity contribution >= 4 is 34.5 Å². The van der Waals surface area contributed by atoms with Gasteiger partial charge in [-0.15, -0.1) is 0 Å². The number of amides is 1. The number of fused-ring (bicyclic) bond motifs is 1. The van der Waals surface area contributed by atoms with Crippen LogP contribution in [0.15, 0.2) is 84.6 Å². The molecule has 1 amide bonds. The molecule has 1 N–H and O–H groups in total. The molecule has 0 aliphatic carbocycles. The molecule has 1 heterocycles. The molecular formula is C28H23N3O3. The summed E-state index contributed by atoms with van der Waals surface area (Å²) in [5, 5.41) is 13.4. The number of nitrogens with zero attached hydrogens (tertiary/aromatic N) is 2. The van der Waals surface area contributed by atoms with Crippen molar-refractivity contribution in [3.8, 4) is 6.07 Å². The average Bonchev–Trinajstić information content (AvgIpc) is 3.20. The quantitative estimate of drug-likeness (QED) is 0.245. The van der Waals surface area contributed by atoms with E-state index in [-0.39, 0.29) is 11.5 Å². The number of ether oxygens (including phenoxy) is 1. The van der Waals surface area contributed by atoms with E-state index < -0.39 is 5.91 Å².